The summed E-state index contributed by atoms with van der Waals surface area (Å²) in [5.41, 5.74) is 0.950. The van der Waals surface area contributed by atoms with E-state index in [0.717, 1.165) is 11.5 Å². The number of aromatic nitrogens is 4. The Labute approximate surface area is 69.5 Å². The first-order chi connectivity index (χ1) is 5.81. The van der Waals surface area contributed by atoms with E-state index in [4.69, 9.17) is 0 Å². The molecule has 2 rings (SSSR count). The Morgan fingerprint density at radius 2 is 2.42 bits per heavy atom. The summed E-state index contributed by atoms with van der Waals surface area (Å²) in [6, 6.07) is 1.95. The Morgan fingerprint density at radius 1 is 1.58 bits per heavy atom. The van der Waals surface area contributed by atoms with E-state index in [1.807, 2.05) is 20.0 Å². The fourth-order valence-electron chi connectivity index (χ4n) is 1.15. The summed E-state index contributed by atoms with van der Waals surface area (Å²) in [5, 5.41) is 6.00. The highest BCUT2D eigenvalue weighted by Crippen LogP contribution is 2.00. The zero-order valence-corrected chi connectivity index (χ0v) is 7.00. The third-order valence-corrected chi connectivity index (χ3v) is 1.69. The molecule has 0 saturated carbocycles. The molecule has 2 heterocycles. The molecule has 0 atom stereocenters. The van der Waals surface area contributed by atoms with Crippen LogP contribution < -0.4 is 9.83 Å². The Hall–Kier alpha value is -1.65. The van der Waals surface area contributed by atoms with E-state index >= 15 is 0 Å². The molecular weight excluding hydrogens is 154 g/mol. The summed E-state index contributed by atoms with van der Waals surface area (Å²) in [5.74, 6) is 1.63. The minimum absolute atomic E-state index is 0.680. The third-order valence-electron chi connectivity index (χ3n) is 1.69. The van der Waals surface area contributed by atoms with Crippen LogP contribution in [0.25, 0.3) is 5.78 Å². The molecule has 5 heteroatoms. The van der Waals surface area contributed by atoms with E-state index in [1.165, 1.54) is 0 Å². The Bertz CT molecular complexity index is 405. The average molecular weight is 164 g/mol. The molecule has 0 aliphatic heterocycles. The standard InChI is InChI=1S/C7H9N5/c1-5-3-6(8-2)12-7(11-5)9-4-10-12/h3-4H,1-2H3,(H,8,9,10,11)/p+1. The van der Waals surface area contributed by atoms with Gasteiger partial charge in [0, 0.05) is 13.1 Å². The molecule has 0 bridgehead atoms. The Morgan fingerprint density at radius 3 is 3.17 bits per heavy atom. The molecule has 0 radical (unpaired) electrons. The number of hydrogen-bond acceptors (Lipinski definition) is 3. The Balaban J connectivity index is 2.80. The molecule has 2 aromatic heterocycles. The van der Waals surface area contributed by atoms with Crippen LogP contribution in [0.3, 0.4) is 0 Å². The molecule has 0 unspecified atom stereocenters. The van der Waals surface area contributed by atoms with Gasteiger partial charge in [0.1, 0.15) is 5.69 Å². The summed E-state index contributed by atoms with van der Waals surface area (Å²) in [6.07, 6.45) is 1.61. The Kier molecular flexibility index (Phi) is 1.43. The van der Waals surface area contributed by atoms with Gasteiger partial charge in [0.05, 0.1) is 0 Å². The summed E-state index contributed by atoms with van der Waals surface area (Å²) in [6.45, 7) is 1.94. The molecule has 0 fully saturated rings. The van der Waals surface area contributed by atoms with Gasteiger partial charge in [-0.2, -0.15) is 0 Å². The van der Waals surface area contributed by atoms with Gasteiger partial charge in [0.15, 0.2) is 6.33 Å². The van der Waals surface area contributed by atoms with Crippen LogP contribution in [-0.2, 0) is 0 Å². The van der Waals surface area contributed by atoms with Gasteiger partial charge in [-0.05, 0) is 6.92 Å². The van der Waals surface area contributed by atoms with Crippen molar-refractivity contribution in [2.75, 3.05) is 12.4 Å². The first kappa shape index (κ1) is 7.02. The number of nitrogens with one attached hydrogen (secondary N) is 2. The topological polar surface area (TPSA) is 57.7 Å². The molecule has 0 saturated heterocycles. The fourth-order valence-corrected chi connectivity index (χ4v) is 1.15. The quantitative estimate of drug-likeness (QED) is 0.578. The molecule has 5 nitrogen and oxygen atoms in total. The van der Waals surface area contributed by atoms with Crippen LogP contribution in [0.4, 0.5) is 5.82 Å². The zero-order valence-electron chi connectivity index (χ0n) is 7.00. The van der Waals surface area contributed by atoms with Crippen LogP contribution in [-0.4, -0.2) is 22.1 Å². The van der Waals surface area contributed by atoms with Crippen LogP contribution >= 0.6 is 0 Å². The monoisotopic (exact) mass is 164 g/mol. The van der Waals surface area contributed by atoms with Gasteiger partial charge < -0.3 is 5.32 Å². The van der Waals surface area contributed by atoms with E-state index in [1.54, 1.807) is 10.8 Å². The van der Waals surface area contributed by atoms with Crippen LogP contribution in [0.1, 0.15) is 5.69 Å². The third kappa shape index (κ3) is 0.903. The smallest absolute Gasteiger partial charge is 0.323 e. The van der Waals surface area contributed by atoms with E-state index in [2.05, 4.69) is 20.4 Å². The molecule has 0 aliphatic carbocycles. The molecule has 2 aromatic rings. The second kappa shape index (κ2) is 2.44. The van der Waals surface area contributed by atoms with Crippen molar-refractivity contribution in [1.82, 2.24) is 15.1 Å². The van der Waals surface area contributed by atoms with Crippen LogP contribution in [0, 0.1) is 6.92 Å². The average Bonchev–Trinajstić information content (AvgIpc) is 2.50. The molecule has 0 aromatic carbocycles. The van der Waals surface area contributed by atoms with E-state index < -0.39 is 0 Å². The molecule has 2 N–H and O–H groups in total. The van der Waals surface area contributed by atoms with E-state index in [9.17, 15) is 0 Å². The maximum absolute atomic E-state index is 4.22. The minimum Gasteiger partial charge on any atom is -0.323 e. The first-order valence-electron chi connectivity index (χ1n) is 3.72. The lowest BCUT2D eigenvalue weighted by molar-refractivity contribution is -0.564. The zero-order chi connectivity index (χ0) is 8.55. The first-order valence-corrected chi connectivity index (χ1v) is 3.72. The number of hydrogen-bond donors (Lipinski definition) is 2. The fraction of sp³-hybridized carbons (Fsp3) is 0.286. The highest BCUT2D eigenvalue weighted by atomic mass is 15.3. The maximum Gasteiger partial charge on any atom is 0.408 e. The van der Waals surface area contributed by atoms with E-state index in [0.29, 0.717) is 5.78 Å². The van der Waals surface area contributed by atoms with Gasteiger partial charge in [0.25, 0.3) is 0 Å². The molecule has 62 valence electrons. The second-order valence-electron chi connectivity index (χ2n) is 2.56. The maximum atomic E-state index is 4.22. The highest BCUT2D eigenvalue weighted by Gasteiger charge is 2.09. The number of anilines is 1. The van der Waals surface area contributed by atoms with Crippen molar-refractivity contribution in [3.8, 4) is 0 Å². The number of aromatic amines is 1. The lowest BCUT2D eigenvalue weighted by Crippen LogP contribution is -2.28. The number of rotatable bonds is 1. The number of fused-ring (bicyclic) bond motifs is 1. The van der Waals surface area contributed by atoms with Gasteiger partial charge in [-0.15, -0.1) is 9.50 Å². The highest BCUT2D eigenvalue weighted by molar-refractivity contribution is 5.33. The molecule has 0 amide bonds. The van der Waals surface area contributed by atoms with Crippen LogP contribution in [0.2, 0.25) is 0 Å². The van der Waals surface area contributed by atoms with Crippen molar-refractivity contribution in [2.45, 2.75) is 6.92 Å². The molecular formula is C7H10N5+. The number of H-pyrrole nitrogens is 1. The normalized spacial score (nSPS) is 10.5. The predicted octanol–water partition coefficient (Wildman–Crippen LogP) is -0.106. The number of aryl methyl sites for hydroxylation is 1. The number of nitrogens with zero attached hydrogens (tertiary/aromatic N) is 3. The largest absolute Gasteiger partial charge is 0.408 e. The van der Waals surface area contributed by atoms with Crippen molar-refractivity contribution in [3.63, 3.8) is 0 Å². The lowest BCUT2D eigenvalue weighted by atomic mass is 10.4. The summed E-state index contributed by atoms with van der Waals surface area (Å²) in [4.78, 5) is 8.27. The molecule has 0 spiro atoms. The van der Waals surface area contributed by atoms with E-state index in [-0.39, 0.29) is 0 Å². The second-order valence-corrected chi connectivity index (χ2v) is 2.56. The molecule has 0 aliphatic rings. The summed E-state index contributed by atoms with van der Waals surface area (Å²) >= 11 is 0. The van der Waals surface area contributed by atoms with Crippen molar-refractivity contribution < 1.29 is 4.52 Å². The summed E-state index contributed by atoms with van der Waals surface area (Å²) < 4.78 is 1.78. The lowest BCUT2D eigenvalue weighted by Gasteiger charge is -1.95. The molecule has 12 heavy (non-hydrogen) atoms. The van der Waals surface area contributed by atoms with Crippen molar-refractivity contribution in [1.29, 1.82) is 0 Å². The van der Waals surface area contributed by atoms with Crippen molar-refractivity contribution in [2.24, 2.45) is 0 Å². The van der Waals surface area contributed by atoms with Gasteiger partial charge in [-0.3, -0.25) is 0 Å². The minimum atomic E-state index is 0.680. The SMILES string of the molecule is CNc1cc(C)nc2nc[nH][n+]12. The predicted molar refractivity (Wildman–Crippen MR) is 43.8 cm³/mol. The summed E-state index contributed by atoms with van der Waals surface area (Å²) in [7, 11) is 1.86. The van der Waals surface area contributed by atoms with Gasteiger partial charge >= 0.3 is 5.78 Å². The van der Waals surface area contributed by atoms with Crippen molar-refractivity contribution in [3.05, 3.63) is 18.1 Å². The van der Waals surface area contributed by atoms with Gasteiger partial charge in [-0.1, -0.05) is 4.98 Å². The van der Waals surface area contributed by atoms with Crippen molar-refractivity contribution >= 4 is 11.6 Å². The van der Waals surface area contributed by atoms with Crippen LogP contribution in [0.15, 0.2) is 12.4 Å². The van der Waals surface area contributed by atoms with Gasteiger partial charge in [-0.25, -0.2) is 5.10 Å². The van der Waals surface area contributed by atoms with Crippen LogP contribution in [0.5, 0.6) is 0 Å². The van der Waals surface area contributed by atoms with Gasteiger partial charge in [0.2, 0.25) is 5.82 Å².